The summed E-state index contributed by atoms with van der Waals surface area (Å²) in [6, 6.07) is 12.7. The number of nitro groups is 1. The van der Waals surface area contributed by atoms with Crippen LogP contribution in [0.5, 0.6) is 5.75 Å². The Balaban J connectivity index is 2.05. The largest absolute Gasteiger partial charge is 0.489 e. The zero-order chi connectivity index (χ0) is 14.5. The lowest BCUT2D eigenvalue weighted by molar-refractivity contribution is -0.385. The number of hydrogen-bond donors (Lipinski definition) is 1. The summed E-state index contributed by atoms with van der Waals surface area (Å²) in [6.45, 7) is -0.0368. The van der Waals surface area contributed by atoms with Gasteiger partial charge in [0.25, 0.3) is 5.69 Å². The molecular formula is C14H12ClNO4. The zero-order valence-corrected chi connectivity index (χ0v) is 11.2. The fraction of sp³-hybridized carbons (Fsp3) is 0.143. The van der Waals surface area contributed by atoms with Crippen molar-refractivity contribution in [3.8, 4) is 5.75 Å². The maximum atomic E-state index is 10.7. The highest BCUT2D eigenvalue weighted by molar-refractivity contribution is 6.32. The third-order valence-electron chi connectivity index (χ3n) is 2.70. The molecule has 0 amide bonds. The molecule has 2 aromatic carbocycles. The molecule has 0 aliphatic carbocycles. The molecule has 2 aromatic rings. The van der Waals surface area contributed by atoms with E-state index in [1.807, 2.05) is 0 Å². The normalized spacial score (nSPS) is 11.9. The third kappa shape index (κ3) is 3.46. The monoisotopic (exact) mass is 293 g/mol. The minimum Gasteiger partial charge on any atom is -0.489 e. The first-order valence-electron chi connectivity index (χ1n) is 5.87. The standard InChI is InChI=1S/C14H12ClNO4/c15-12-6-1-2-7-14(12)20-9-13(17)10-4-3-5-11(8-10)16(18)19/h1-8,13,17H,9H2. The summed E-state index contributed by atoms with van der Waals surface area (Å²) in [7, 11) is 0. The number of aliphatic hydroxyl groups is 1. The molecule has 2 rings (SSSR count). The molecule has 1 atom stereocenters. The van der Waals surface area contributed by atoms with E-state index in [0.717, 1.165) is 0 Å². The van der Waals surface area contributed by atoms with Gasteiger partial charge in [-0.05, 0) is 17.7 Å². The SMILES string of the molecule is O=[N+]([O-])c1cccc(C(O)COc2ccccc2Cl)c1. The molecule has 0 saturated heterocycles. The molecule has 6 heteroatoms. The van der Waals surface area contributed by atoms with E-state index in [1.54, 1.807) is 30.3 Å². The van der Waals surface area contributed by atoms with Crippen LogP contribution < -0.4 is 4.74 Å². The number of benzene rings is 2. The molecule has 20 heavy (non-hydrogen) atoms. The van der Waals surface area contributed by atoms with Crippen molar-refractivity contribution in [3.63, 3.8) is 0 Å². The smallest absolute Gasteiger partial charge is 0.269 e. The lowest BCUT2D eigenvalue weighted by Crippen LogP contribution is -2.10. The number of halogens is 1. The molecule has 0 bridgehead atoms. The van der Waals surface area contributed by atoms with Crippen LogP contribution in [0, 0.1) is 10.1 Å². The highest BCUT2D eigenvalue weighted by atomic mass is 35.5. The van der Waals surface area contributed by atoms with Crippen molar-refractivity contribution >= 4 is 17.3 Å². The summed E-state index contributed by atoms with van der Waals surface area (Å²) in [5.74, 6) is 0.457. The van der Waals surface area contributed by atoms with Gasteiger partial charge in [0.1, 0.15) is 18.5 Å². The van der Waals surface area contributed by atoms with E-state index in [4.69, 9.17) is 16.3 Å². The van der Waals surface area contributed by atoms with Crippen molar-refractivity contribution in [2.24, 2.45) is 0 Å². The Morgan fingerprint density at radius 2 is 2.00 bits per heavy atom. The molecule has 0 aliphatic rings. The van der Waals surface area contributed by atoms with Gasteiger partial charge < -0.3 is 9.84 Å². The number of nitrogens with zero attached hydrogens (tertiary/aromatic N) is 1. The molecule has 0 radical (unpaired) electrons. The first kappa shape index (κ1) is 14.3. The lowest BCUT2D eigenvalue weighted by atomic mass is 10.1. The molecule has 0 fully saturated rings. The highest BCUT2D eigenvalue weighted by Gasteiger charge is 2.13. The van der Waals surface area contributed by atoms with Crippen LogP contribution in [-0.4, -0.2) is 16.6 Å². The summed E-state index contributed by atoms with van der Waals surface area (Å²) in [5.41, 5.74) is 0.352. The van der Waals surface area contributed by atoms with E-state index < -0.39 is 11.0 Å². The number of hydrogen-bond acceptors (Lipinski definition) is 4. The van der Waals surface area contributed by atoms with Gasteiger partial charge in [0.15, 0.2) is 0 Å². The van der Waals surface area contributed by atoms with Crippen molar-refractivity contribution in [3.05, 3.63) is 69.2 Å². The lowest BCUT2D eigenvalue weighted by Gasteiger charge is -2.13. The first-order valence-corrected chi connectivity index (χ1v) is 6.25. The van der Waals surface area contributed by atoms with Gasteiger partial charge in [-0.1, -0.05) is 35.9 Å². The number of para-hydroxylation sites is 1. The molecule has 0 spiro atoms. The minimum atomic E-state index is -0.967. The van der Waals surface area contributed by atoms with Crippen molar-refractivity contribution in [1.82, 2.24) is 0 Å². The Morgan fingerprint density at radius 1 is 1.25 bits per heavy atom. The van der Waals surface area contributed by atoms with E-state index >= 15 is 0 Å². The summed E-state index contributed by atoms with van der Waals surface area (Å²) in [6.07, 6.45) is -0.967. The fourth-order valence-corrected chi connectivity index (χ4v) is 1.86. The van der Waals surface area contributed by atoms with Crippen LogP contribution in [0.4, 0.5) is 5.69 Å². The summed E-state index contributed by atoms with van der Waals surface area (Å²) < 4.78 is 5.40. The molecule has 0 heterocycles. The topological polar surface area (TPSA) is 72.6 Å². The molecule has 1 N–H and O–H groups in total. The average molecular weight is 294 g/mol. The molecular weight excluding hydrogens is 282 g/mol. The number of ether oxygens (including phenoxy) is 1. The van der Waals surface area contributed by atoms with Gasteiger partial charge in [-0.15, -0.1) is 0 Å². The maximum Gasteiger partial charge on any atom is 0.269 e. The summed E-state index contributed by atoms with van der Waals surface area (Å²) in [4.78, 5) is 10.2. The van der Waals surface area contributed by atoms with Crippen LogP contribution >= 0.6 is 11.6 Å². The van der Waals surface area contributed by atoms with E-state index in [2.05, 4.69) is 0 Å². The molecule has 104 valence electrons. The Morgan fingerprint density at radius 3 is 2.70 bits per heavy atom. The Hall–Kier alpha value is -2.11. The minimum absolute atomic E-state index is 0.0368. The van der Waals surface area contributed by atoms with Crippen LogP contribution in [-0.2, 0) is 0 Å². The fourth-order valence-electron chi connectivity index (χ4n) is 1.67. The summed E-state index contributed by atoms with van der Waals surface area (Å²) >= 11 is 5.92. The van der Waals surface area contributed by atoms with Crippen LogP contribution in [0.15, 0.2) is 48.5 Å². The molecule has 0 saturated carbocycles. The second kappa shape index (κ2) is 6.36. The van der Waals surface area contributed by atoms with Gasteiger partial charge in [0, 0.05) is 12.1 Å². The number of rotatable bonds is 5. The van der Waals surface area contributed by atoms with Gasteiger partial charge in [0.05, 0.1) is 9.95 Å². The molecule has 5 nitrogen and oxygen atoms in total. The van der Waals surface area contributed by atoms with Gasteiger partial charge in [-0.3, -0.25) is 10.1 Å². The number of nitro benzene ring substituents is 1. The highest BCUT2D eigenvalue weighted by Crippen LogP contribution is 2.25. The van der Waals surface area contributed by atoms with Crippen molar-refractivity contribution in [2.45, 2.75) is 6.10 Å². The van der Waals surface area contributed by atoms with E-state index in [0.29, 0.717) is 16.3 Å². The van der Waals surface area contributed by atoms with Crippen LogP contribution in [0.1, 0.15) is 11.7 Å². The first-order chi connectivity index (χ1) is 9.58. The van der Waals surface area contributed by atoms with E-state index in [-0.39, 0.29) is 12.3 Å². The van der Waals surface area contributed by atoms with Gasteiger partial charge >= 0.3 is 0 Å². The van der Waals surface area contributed by atoms with E-state index in [9.17, 15) is 15.2 Å². The molecule has 1 unspecified atom stereocenters. The van der Waals surface area contributed by atoms with Gasteiger partial charge in [0.2, 0.25) is 0 Å². The third-order valence-corrected chi connectivity index (χ3v) is 3.01. The second-order valence-electron chi connectivity index (χ2n) is 4.11. The van der Waals surface area contributed by atoms with Crippen LogP contribution in [0.3, 0.4) is 0 Å². The second-order valence-corrected chi connectivity index (χ2v) is 4.52. The maximum absolute atomic E-state index is 10.7. The summed E-state index contributed by atoms with van der Waals surface area (Å²) in [5, 5.41) is 21.1. The predicted octanol–water partition coefficient (Wildman–Crippen LogP) is 3.36. The number of non-ortho nitro benzene ring substituents is 1. The van der Waals surface area contributed by atoms with Gasteiger partial charge in [-0.25, -0.2) is 0 Å². The average Bonchev–Trinajstić information content (AvgIpc) is 2.46. The van der Waals surface area contributed by atoms with Crippen molar-refractivity contribution in [1.29, 1.82) is 0 Å². The van der Waals surface area contributed by atoms with Crippen LogP contribution in [0.2, 0.25) is 5.02 Å². The van der Waals surface area contributed by atoms with Crippen molar-refractivity contribution in [2.75, 3.05) is 6.61 Å². The van der Waals surface area contributed by atoms with Crippen molar-refractivity contribution < 1.29 is 14.8 Å². The quantitative estimate of drug-likeness (QED) is 0.677. The zero-order valence-electron chi connectivity index (χ0n) is 10.4. The molecule has 0 aliphatic heterocycles. The van der Waals surface area contributed by atoms with E-state index in [1.165, 1.54) is 18.2 Å². The number of aliphatic hydroxyl groups excluding tert-OH is 1. The molecule has 0 aromatic heterocycles. The van der Waals surface area contributed by atoms with Gasteiger partial charge in [-0.2, -0.15) is 0 Å². The van der Waals surface area contributed by atoms with Crippen LogP contribution in [0.25, 0.3) is 0 Å². The Kier molecular flexibility index (Phi) is 4.55. The predicted molar refractivity (Wildman–Crippen MR) is 75.0 cm³/mol. The Bertz CT molecular complexity index is 618. The Labute approximate surface area is 120 Å².